The number of hydrogen-bond donors (Lipinski definition) is 0. The summed E-state index contributed by atoms with van der Waals surface area (Å²) in [6, 6.07) is 0. The Labute approximate surface area is 147 Å². The summed E-state index contributed by atoms with van der Waals surface area (Å²) in [4.78, 5) is 45.8. The normalized spacial score (nSPS) is 10.5. The van der Waals surface area contributed by atoms with Crippen molar-refractivity contribution in [2.45, 2.75) is 40.0 Å². The Morgan fingerprint density at radius 2 is 1.04 bits per heavy atom. The number of hydrogen-bond acceptors (Lipinski definition) is 8. The van der Waals surface area contributed by atoms with Crippen LogP contribution in [0.1, 0.15) is 40.0 Å². The summed E-state index contributed by atoms with van der Waals surface area (Å²) in [5.41, 5.74) is -1.20. The van der Waals surface area contributed by atoms with Crippen LogP contribution in [-0.2, 0) is 38.1 Å². The van der Waals surface area contributed by atoms with Crippen molar-refractivity contribution in [3.05, 3.63) is 12.7 Å². The predicted molar refractivity (Wildman–Crippen MR) is 87.3 cm³/mol. The van der Waals surface area contributed by atoms with E-state index in [1.165, 1.54) is 0 Å². The molecule has 0 spiro atoms. The molecule has 25 heavy (non-hydrogen) atoms. The lowest BCUT2D eigenvalue weighted by Crippen LogP contribution is -2.43. The summed E-state index contributed by atoms with van der Waals surface area (Å²) in [6.07, 6.45) is 1.41. The van der Waals surface area contributed by atoms with Gasteiger partial charge in [0, 0.05) is 25.3 Å². The van der Waals surface area contributed by atoms with E-state index >= 15 is 0 Å². The van der Waals surface area contributed by atoms with Gasteiger partial charge in [0.2, 0.25) is 0 Å². The molecule has 142 valence electrons. The molecule has 8 nitrogen and oxygen atoms in total. The summed E-state index contributed by atoms with van der Waals surface area (Å²) in [6.45, 7) is 7.17. The molecule has 0 aromatic carbocycles. The second kappa shape index (κ2) is 12.0. The highest BCUT2D eigenvalue weighted by atomic mass is 16.6. The fourth-order valence-electron chi connectivity index (χ4n) is 1.54. The Morgan fingerprint density at radius 3 is 1.32 bits per heavy atom. The van der Waals surface area contributed by atoms with Gasteiger partial charge in [0.05, 0.1) is 0 Å². The van der Waals surface area contributed by atoms with Gasteiger partial charge in [-0.05, 0) is 0 Å². The first-order valence-electron chi connectivity index (χ1n) is 8.08. The van der Waals surface area contributed by atoms with Crippen LogP contribution in [0.25, 0.3) is 0 Å². The number of carbonyl (C=O) groups excluding carboxylic acids is 4. The van der Waals surface area contributed by atoms with Gasteiger partial charge in [-0.2, -0.15) is 0 Å². The average molecular weight is 358 g/mol. The maximum Gasteiger partial charge on any atom is 0.330 e. The number of rotatable bonds is 12. The van der Waals surface area contributed by atoms with Crippen LogP contribution in [0.4, 0.5) is 0 Å². The molecule has 0 amide bonds. The quantitative estimate of drug-likeness (QED) is 0.294. The zero-order valence-electron chi connectivity index (χ0n) is 15.0. The van der Waals surface area contributed by atoms with E-state index in [4.69, 9.17) is 18.9 Å². The van der Waals surface area contributed by atoms with Gasteiger partial charge in [0.1, 0.15) is 31.8 Å². The summed E-state index contributed by atoms with van der Waals surface area (Å²) in [5.74, 6) is -2.15. The van der Waals surface area contributed by atoms with E-state index in [0.29, 0.717) is 0 Å². The predicted octanol–water partition coefficient (Wildman–Crippen LogP) is 1.56. The maximum atomic E-state index is 11.5. The van der Waals surface area contributed by atoms with E-state index in [1.54, 1.807) is 20.8 Å². The van der Waals surface area contributed by atoms with Gasteiger partial charge in [0.15, 0.2) is 0 Å². The first-order valence-corrected chi connectivity index (χ1v) is 8.08. The molecule has 0 aromatic rings. The van der Waals surface area contributed by atoms with E-state index in [1.807, 2.05) is 0 Å². The molecule has 0 radical (unpaired) electrons. The van der Waals surface area contributed by atoms with Gasteiger partial charge in [0.25, 0.3) is 0 Å². The lowest BCUT2D eigenvalue weighted by molar-refractivity contribution is -0.169. The standard InChI is InChI=1S/C17H26O8/c1-5-13(18)22-9-17(10-23-14(19)6-2,11-24-15(20)7-3)12-25-16(21)8-4/h5H,1,6-12H2,2-4H3. The summed E-state index contributed by atoms with van der Waals surface area (Å²) >= 11 is 0. The van der Waals surface area contributed by atoms with E-state index in [-0.39, 0.29) is 45.7 Å². The highest BCUT2D eigenvalue weighted by Crippen LogP contribution is 2.22. The van der Waals surface area contributed by atoms with E-state index in [2.05, 4.69) is 6.58 Å². The zero-order valence-corrected chi connectivity index (χ0v) is 15.0. The highest BCUT2D eigenvalue weighted by Gasteiger charge is 2.37. The van der Waals surface area contributed by atoms with Gasteiger partial charge >= 0.3 is 23.9 Å². The van der Waals surface area contributed by atoms with E-state index < -0.39 is 29.3 Å². The minimum absolute atomic E-state index is 0.145. The Morgan fingerprint density at radius 1 is 0.720 bits per heavy atom. The Kier molecular flexibility index (Phi) is 10.9. The molecule has 0 aliphatic rings. The van der Waals surface area contributed by atoms with Crippen molar-refractivity contribution in [2.75, 3.05) is 26.4 Å². The molecule has 0 N–H and O–H groups in total. The topological polar surface area (TPSA) is 105 Å². The molecule has 0 rings (SSSR count). The number of esters is 4. The van der Waals surface area contributed by atoms with Gasteiger partial charge in [-0.25, -0.2) is 4.79 Å². The monoisotopic (exact) mass is 358 g/mol. The smallest absolute Gasteiger partial charge is 0.330 e. The molecule has 0 aliphatic carbocycles. The molecular weight excluding hydrogens is 332 g/mol. The van der Waals surface area contributed by atoms with Crippen LogP contribution >= 0.6 is 0 Å². The van der Waals surface area contributed by atoms with Crippen molar-refractivity contribution in [3.8, 4) is 0 Å². The minimum Gasteiger partial charge on any atom is -0.465 e. The summed E-state index contributed by atoms with van der Waals surface area (Å²) in [5, 5.41) is 0. The summed E-state index contributed by atoms with van der Waals surface area (Å²) in [7, 11) is 0. The third kappa shape index (κ3) is 9.49. The van der Waals surface area contributed by atoms with E-state index in [0.717, 1.165) is 6.08 Å². The van der Waals surface area contributed by atoms with Crippen molar-refractivity contribution in [2.24, 2.45) is 5.41 Å². The molecule has 0 heterocycles. The van der Waals surface area contributed by atoms with Crippen LogP contribution in [-0.4, -0.2) is 50.3 Å². The van der Waals surface area contributed by atoms with Crippen LogP contribution in [0.3, 0.4) is 0 Å². The number of carbonyl (C=O) groups is 4. The molecule has 0 aromatic heterocycles. The molecule has 8 heteroatoms. The zero-order chi connectivity index (χ0) is 19.3. The van der Waals surface area contributed by atoms with Gasteiger partial charge in [-0.15, -0.1) is 0 Å². The average Bonchev–Trinajstić information content (AvgIpc) is 2.65. The Balaban J connectivity index is 5.27. The molecule has 0 atom stereocenters. The molecule has 0 aliphatic heterocycles. The van der Waals surface area contributed by atoms with E-state index in [9.17, 15) is 19.2 Å². The van der Waals surface area contributed by atoms with Crippen LogP contribution < -0.4 is 0 Å². The second-order valence-electron chi connectivity index (χ2n) is 5.35. The first kappa shape index (κ1) is 22.6. The molecule has 0 fully saturated rings. The van der Waals surface area contributed by atoms with Crippen molar-refractivity contribution < 1.29 is 38.1 Å². The molecule has 0 saturated heterocycles. The van der Waals surface area contributed by atoms with Crippen molar-refractivity contribution >= 4 is 23.9 Å². The fourth-order valence-corrected chi connectivity index (χ4v) is 1.54. The van der Waals surface area contributed by atoms with Crippen molar-refractivity contribution in [3.63, 3.8) is 0 Å². The van der Waals surface area contributed by atoms with Crippen LogP contribution in [0.15, 0.2) is 12.7 Å². The van der Waals surface area contributed by atoms with Gasteiger partial charge < -0.3 is 18.9 Å². The number of ether oxygens (including phenoxy) is 4. The minimum atomic E-state index is -1.20. The van der Waals surface area contributed by atoms with Gasteiger partial charge in [-0.1, -0.05) is 27.4 Å². The SMILES string of the molecule is C=CC(=O)OCC(COC(=O)CC)(COC(=O)CC)COC(=O)CC. The largest absolute Gasteiger partial charge is 0.465 e. The van der Waals surface area contributed by atoms with Gasteiger partial charge in [-0.3, -0.25) is 14.4 Å². The van der Waals surface area contributed by atoms with Crippen molar-refractivity contribution in [1.82, 2.24) is 0 Å². The highest BCUT2D eigenvalue weighted by molar-refractivity contribution is 5.81. The third-order valence-corrected chi connectivity index (χ3v) is 3.17. The lowest BCUT2D eigenvalue weighted by atomic mass is 9.92. The van der Waals surface area contributed by atoms with Crippen LogP contribution in [0, 0.1) is 5.41 Å². The molecule has 0 bridgehead atoms. The summed E-state index contributed by atoms with van der Waals surface area (Å²) < 4.78 is 20.4. The van der Waals surface area contributed by atoms with Crippen molar-refractivity contribution in [1.29, 1.82) is 0 Å². The first-order chi connectivity index (χ1) is 11.8. The third-order valence-electron chi connectivity index (χ3n) is 3.17. The van der Waals surface area contributed by atoms with Crippen LogP contribution in [0.2, 0.25) is 0 Å². The molecular formula is C17H26O8. The Hall–Kier alpha value is -2.38. The second-order valence-corrected chi connectivity index (χ2v) is 5.35. The Bertz CT molecular complexity index is 433. The lowest BCUT2D eigenvalue weighted by Gasteiger charge is -2.31. The molecule has 0 unspecified atom stereocenters. The maximum absolute atomic E-state index is 11.5. The fraction of sp³-hybridized carbons (Fsp3) is 0.647. The van der Waals surface area contributed by atoms with Crippen LogP contribution in [0.5, 0.6) is 0 Å². The molecule has 0 saturated carbocycles.